The number of anilines is 1. The highest BCUT2D eigenvalue weighted by atomic mass is 19.1. The summed E-state index contributed by atoms with van der Waals surface area (Å²) in [5, 5.41) is 24.3. The van der Waals surface area contributed by atoms with E-state index in [1.165, 1.54) is 17.1 Å². The van der Waals surface area contributed by atoms with Gasteiger partial charge in [-0.3, -0.25) is 19.1 Å². The highest BCUT2D eigenvalue weighted by molar-refractivity contribution is 5.95. The van der Waals surface area contributed by atoms with Gasteiger partial charge in [-0.1, -0.05) is 48.9 Å². The van der Waals surface area contributed by atoms with E-state index in [1.54, 1.807) is 54.4 Å². The van der Waals surface area contributed by atoms with Crippen LogP contribution in [-0.2, 0) is 32.1 Å². The van der Waals surface area contributed by atoms with Gasteiger partial charge in [-0.2, -0.15) is 0 Å². The van der Waals surface area contributed by atoms with E-state index in [9.17, 15) is 28.7 Å². The molecule has 0 aromatic carbocycles. The lowest BCUT2D eigenvalue weighted by Gasteiger charge is -2.30. The van der Waals surface area contributed by atoms with Crippen LogP contribution in [0.15, 0.2) is 71.2 Å². The first kappa shape index (κ1) is 40.5. The first-order chi connectivity index (χ1) is 26.4. The molecule has 2 bridgehead atoms. The van der Waals surface area contributed by atoms with Crippen molar-refractivity contribution < 1.29 is 37.8 Å². The van der Waals surface area contributed by atoms with E-state index < -0.39 is 48.1 Å². The fourth-order valence-corrected chi connectivity index (χ4v) is 6.51. The van der Waals surface area contributed by atoms with Gasteiger partial charge in [0.1, 0.15) is 36.1 Å². The van der Waals surface area contributed by atoms with Crippen LogP contribution in [-0.4, -0.2) is 103 Å². The van der Waals surface area contributed by atoms with Crippen molar-refractivity contribution in [3.8, 4) is 11.3 Å². The van der Waals surface area contributed by atoms with Crippen LogP contribution in [0.4, 0.5) is 10.2 Å². The fourth-order valence-electron chi connectivity index (χ4n) is 6.51. The summed E-state index contributed by atoms with van der Waals surface area (Å²) >= 11 is 0. The number of allylic oxidation sites excluding steroid dienone is 2. The predicted octanol–water partition coefficient (Wildman–Crippen LogP) is 2.73. The van der Waals surface area contributed by atoms with Gasteiger partial charge in [0.25, 0.3) is 5.91 Å². The SMILES string of the molecule is CC1=CC(O)CC(F)Cc2nc(co2)C(=O)N2CCCC2C(=O)OC(C(C)C)C(CC(=O)NCCn2cc(-c3ccnc(N)c3)nn2)/C=C/C(=O)NCC=C1. The number of halogens is 1. The third-order valence-corrected chi connectivity index (χ3v) is 9.21. The molecule has 3 amide bonds. The van der Waals surface area contributed by atoms with Crippen LogP contribution < -0.4 is 16.4 Å². The average Bonchev–Trinajstić information content (AvgIpc) is 3.92. The number of rotatable bonds is 7. The number of aliphatic hydroxyl groups is 1. The Bertz CT molecular complexity index is 1900. The normalized spacial score (nSPS) is 23.8. The summed E-state index contributed by atoms with van der Waals surface area (Å²) in [5.41, 5.74) is 7.71. The van der Waals surface area contributed by atoms with E-state index in [0.29, 0.717) is 36.5 Å². The van der Waals surface area contributed by atoms with Gasteiger partial charge in [-0.25, -0.2) is 19.2 Å². The smallest absolute Gasteiger partial charge is 0.329 e. The lowest BCUT2D eigenvalue weighted by Crippen LogP contribution is -2.44. The minimum absolute atomic E-state index is 0.00881. The number of nitrogen functional groups attached to an aromatic ring is 1. The average molecular weight is 762 g/mol. The molecule has 55 heavy (non-hydrogen) atoms. The zero-order chi connectivity index (χ0) is 39.5. The number of esters is 1. The topological polar surface area (TPSA) is 221 Å². The Morgan fingerprint density at radius 2 is 2.04 bits per heavy atom. The number of carbonyl (C=O) groups excluding carboxylic acids is 4. The van der Waals surface area contributed by atoms with E-state index in [-0.39, 0.29) is 62.3 Å². The van der Waals surface area contributed by atoms with Crippen molar-refractivity contribution in [3.05, 3.63) is 78.3 Å². The van der Waals surface area contributed by atoms with Crippen molar-refractivity contribution in [2.24, 2.45) is 11.8 Å². The minimum Gasteiger partial charge on any atom is -0.460 e. The van der Waals surface area contributed by atoms with Crippen LogP contribution in [0.5, 0.6) is 0 Å². The van der Waals surface area contributed by atoms with Crippen molar-refractivity contribution in [2.45, 2.75) is 83.8 Å². The number of aliphatic hydroxyl groups excluding tert-OH is 1. The van der Waals surface area contributed by atoms with Gasteiger partial charge in [-0.15, -0.1) is 5.10 Å². The van der Waals surface area contributed by atoms with Crippen LogP contribution in [0.3, 0.4) is 0 Å². The van der Waals surface area contributed by atoms with Crippen molar-refractivity contribution in [1.82, 2.24) is 40.5 Å². The second kappa shape index (κ2) is 19.1. The van der Waals surface area contributed by atoms with Gasteiger partial charge >= 0.3 is 5.97 Å². The highest BCUT2D eigenvalue weighted by Crippen LogP contribution is 2.27. The zero-order valence-corrected chi connectivity index (χ0v) is 31.1. The number of carbonyl (C=O) groups is 4. The number of alkyl halides is 1. The lowest BCUT2D eigenvalue weighted by molar-refractivity contribution is -0.159. The number of nitrogens with one attached hydrogen (secondary N) is 2. The Balaban J connectivity index is 1.32. The number of pyridine rings is 1. The van der Waals surface area contributed by atoms with Crippen LogP contribution >= 0.6 is 0 Å². The van der Waals surface area contributed by atoms with E-state index in [4.69, 9.17) is 14.9 Å². The third-order valence-electron chi connectivity index (χ3n) is 9.21. The molecule has 294 valence electrons. The Kier molecular flexibility index (Phi) is 14.0. The summed E-state index contributed by atoms with van der Waals surface area (Å²) < 4.78 is 27.9. The van der Waals surface area contributed by atoms with E-state index in [0.717, 1.165) is 11.8 Å². The molecule has 1 fully saturated rings. The second-order valence-electron chi connectivity index (χ2n) is 14.0. The Hall–Kier alpha value is -5.71. The van der Waals surface area contributed by atoms with Crippen molar-refractivity contribution >= 4 is 29.5 Å². The number of nitrogens with two attached hydrogens (primary N) is 1. The summed E-state index contributed by atoms with van der Waals surface area (Å²) in [6.45, 7) is 6.37. The largest absolute Gasteiger partial charge is 0.460 e. The molecule has 0 spiro atoms. The van der Waals surface area contributed by atoms with E-state index >= 15 is 0 Å². The molecular weight excluding hydrogens is 713 g/mol. The number of amides is 3. The van der Waals surface area contributed by atoms with Crippen LogP contribution in [0.25, 0.3) is 11.3 Å². The van der Waals surface area contributed by atoms with Crippen molar-refractivity contribution in [3.63, 3.8) is 0 Å². The number of nitrogens with zero attached hydrogens (tertiary/aromatic N) is 6. The van der Waals surface area contributed by atoms with Gasteiger partial charge in [0.05, 0.1) is 25.3 Å². The number of fused-ring (bicyclic) bond motifs is 3. The number of hydrogen-bond acceptors (Lipinski definition) is 12. The van der Waals surface area contributed by atoms with Gasteiger partial charge in [0, 0.05) is 50.2 Å². The monoisotopic (exact) mass is 761 g/mol. The molecule has 0 saturated carbocycles. The molecule has 0 radical (unpaired) electrons. The van der Waals surface area contributed by atoms with Crippen molar-refractivity contribution in [1.29, 1.82) is 0 Å². The molecule has 5 atom stereocenters. The quantitative estimate of drug-likeness (QED) is 0.256. The van der Waals surface area contributed by atoms with Gasteiger partial charge in [-0.05, 0) is 43.9 Å². The Morgan fingerprint density at radius 1 is 1.22 bits per heavy atom. The van der Waals surface area contributed by atoms with Crippen molar-refractivity contribution in [2.75, 3.05) is 25.4 Å². The predicted molar refractivity (Wildman–Crippen MR) is 198 cm³/mol. The maximum Gasteiger partial charge on any atom is 0.329 e. The number of cyclic esters (lactones) is 1. The number of hydrogen-bond donors (Lipinski definition) is 4. The van der Waals surface area contributed by atoms with E-state index in [1.807, 2.05) is 13.8 Å². The van der Waals surface area contributed by atoms with Crippen LogP contribution in [0, 0.1) is 11.8 Å². The number of aromatic nitrogens is 5. The molecule has 3 aromatic rings. The van der Waals surface area contributed by atoms with Crippen LogP contribution in [0.2, 0.25) is 0 Å². The maximum absolute atomic E-state index is 14.8. The van der Waals surface area contributed by atoms with Gasteiger partial charge in [0.2, 0.25) is 11.8 Å². The number of ether oxygens (including phenoxy) is 1. The molecule has 2 aliphatic rings. The second-order valence-corrected chi connectivity index (χ2v) is 14.0. The first-order valence-corrected chi connectivity index (χ1v) is 18.3. The maximum atomic E-state index is 14.8. The lowest BCUT2D eigenvalue weighted by atomic mass is 9.89. The molecule has 16 nitrogen and oxygen atoms in total. The van der Waals surface area contributed by atoms with E-state index in [2.05, 4.69) is 30.9 Å². The molecule has 17 heteroatoms. The summed E-state index contributed by atoms with van der Waals surface area (Å²) in [7, 11) is 0. The molecule has 5 heterocycles. The van der Waals surface area contributed by atoms with Crippen LogP contribution in [0.1, 0.15) is 62.8 Å². The summed E-state index contributed by atoms with van der Waals surface area (Å²) in [4.78, 5) is 63.0. The minimum atomic E-state index is -1.50. The molecule has 1 saturated heterocycles. The molecule has 2 aliphatic heterocycles. The molecule has 5 unspecified atom stereocenters. The summed E-state index contributed by atoms with van der Waals surface area (Å²) in [6.07, 6.45) is 8.99. The Labute approximate surface area is 318 Å². The molecular formula is C38H48FN9O7. The third kappa shape index (κ3) is 11.6. The molecule has 5 N–H and O–H groups in total. The zero-order valence-electron chi connectivity index (χ0n) is 31.1. The molecule has 0 aliphatic carbocycles. The highest BCUT2D eigenvalue weighted by Gasteiger charge is 2.39. The molecule has 5 rings (SSSR count). The standard InChI is InChI=1S/C38H48FN9O7/c1-23(2)36-26(18-34(51)43-13-15-47-21-29(45-46-47)25-10-12-41-32(40)17-25)8-9-33(50)42-11-4-6-24(3)16-28(49)19-27(39)20-35-44-30(22-54-35)37(52)48-14-5-7-31(48)38(53)55-36/h4,6,8-10,12,16-17,21-23,26-28,31,36,49H,5,7,11,13-15,18-20H2,1-3H3,(H2,40,41)(H,42,50)(H,43,51)/b6-4?,9-8+,24-16?. The number of oxazole rings is 1. The first-order valence-electron chi connectivity index (χ1n) is 18.3. The molecule has 3 aromatic heterocycles. The summed E-state index contributed by atoms with van der Waals surface area (Å²) in [6, 6.07) is 2.51. The van der Waals surface area contributed by atoms with Gasteiger partial charge < -0.3 is 35.5 Å². The summed E-state index contributed by atoms with van der Waals surface area (Å²) in [5.74, 6) is -2.67. The Morgan fingerprint density at radius 3 is 2.82 bits per heavy atom. The van der Waals surface area contributed by atoms with Gasteiger partial charge in [0.15, 0.2) is 11.6 Å². The fraction of sp³-hybridized carbons (Fsp3) is 0.474.